The fourth-order valence-corrected chi connectivity index (χ4v) is 3.63. The largest absolute Gasteiger partial charge is 0.337 e. The number of carbonyl (C=O) groups is 1. The number of carbonyl (C=O) groups excluding carboxylic acids is 1. The highest BCUT2D eigenvalue weighted by Crippen LogP contribution is 2.33. The molecule has 0 saturated heterocycles. The summed E-state index contributed by atoms with van der Waals surface area (Å²) in [6, 6.07) is 4.20. The third-order valence-electron chi connectivity index (χ3n) is 2.92. The van der Waals surface area contributed by atoms with Gasteiger partial charge in [0.1, 0.15) is 10.7 Å². The van der Waals surface area contributed by atoms with Gasteiger partial charge >= 0.3 is 0 Å². The monoisotopic (exact) mass is 298 g/mol. The number of amides is 1. The lowest BCUT2D eigenvalue weighted by Crippen LogP contribution is -2.28. The topological polar surface area (TPSA) is 33.2 Å². The lowest BCUT2D eigenvalue weighted by molar-refractivity contribution is 0.0780. The summed E-state index contributed by atoms with van der Waals surface area (Å²) >= 11 is 8.87. The van der Waals surface area contributed by atoms with Crippen LogP contribution in [0.5, 0.6) is 0 Å². The molecule has 0 bridgehead atoms. The van der Waals surface area contributed by atoms with Crippen molar-refractivity contribution >= 4 is 40.2 Å². The first kappa shape index (κ1) is 12.1. The van der Waals surface area contributed by atoms with Crippen molar-refractivity contribution in [1.82, 2.24) is 9.88 Å². The molecule has 0 radical (unpaired) electrons. The number of aromatic nitrogens is 1. The van der Waals surface area contributed by atoms with Crippen LogP contribution in [0.2, 0.25) is 4.34 Å². The van der Waals surface area contributed by atoms with E-state index in [1.165, 1.54) is 22.7 Å². The summed E-state index contributed by atoms with van der Waals surface area (Å²) in [6.45, 7) is 0. The minimum absolute atomic E-state index is 0.0163. The van der Waals surface area contributed by atoms with Gasteiger partial charge in [0.2, 0.25) is 0 Å². The van der Waals surface area contributed by atoms with E-state index in [4.69, 9.17) is 11.6 Å². The number of thiophene rings is 1. The highest BCUT2D eigenvalue weighted by atomic mass is 35.5. The molecule has 1 fully saturated rings. The Bertz CT molecular complexity index is 588. The molecule has 0 aromatic carbocycles. The Morgan fingerprint density at radius 3 is 2.89 bits per heavy atom. The van der Waals surface area contributed by atoms with E-state index in [0.29, 0.717) is 11.7 Å². The Balaban J connectivity index is 1.82. The molecule has 1 aliphatic rings. The Labute approximate surface area is 118 Å². The van der Waals surface area contributed by atoms with Gasteiger partial charge in [-0.15, -0.1) is 22.7 Å². The molecule has 3 nitrogen and oxygen atoms in total. The maximum Gasteiger partial charge on any atom is 0.273 e. The highest BCUT2D eigenvalue weighted by Gasteiger charge is 2.31. The van der Waals surface area contributed by atoms with Crippen LogP contribution in [-0.2, 0) is 0 Å². The van der Waals surface area contributed by atoms with Crippen LogP contribution in [0.1, 0.15) is 23.3 Å². The first-order valence-electron chi connectivity index (χ1n) is 5.63. The summed E-state index contributed by atoms with van der Waals surface area (Å²) in [7, 11) is 1.85. The van der Waals surface area contributed by atoms with Crippen LogP contribution in [0.3, 0.4) is 0 Å². The average Bonchev–Trinajstić information content (AvgIpc) is 2.93. The van der Waals surface area contributed by atoms with Crippen molar-refractivity contribution in [2.24, 2.45) is 0 Å². The summed E-state index contributed by atoms with van der Waals surface area (Å²) in [5, 5.41) is 2.68. The van der Waals surface area contributed by atoms with E-state index in [1.807, 2.05) is 24.6 Å². The van der Waals surface area contributed by atoms with Gasteiger partial charge in [0.25, 0.3) is 5.91 Å². The molecule has 6 heteroatoms. The maximum absolute atomic E-state index is 12.1. The molecule has 1 saturated carbocycles. The van der Waals surface area contributed by atoms with Crippen molar-refractivity contribution < 1.29 is 4.79 Å². The van der Waals surface area contributed by atoms with Gasteiger partial charge in [-0.25, -0.2) is 4.98 Å². The first-order valence-corrected chi connectivity index (χ1v) is 7.71. The fourth-order valence-electron chi connectivity index (χ4n) is 1.72. The number of hydrogen-bond donors (Lipinski definition) is 0. The summed E-state index contributed by atoms with van der Waals surface area (Å²) in [6.07, 6.45) is 2.22. The van der Waals surface area contributed by atoms with E-state index < -0.39 is 0 Å². The van der Waals surface area contributed by atoms with Gasteiger partial charge in [0, 0.05) is 18.5 Å². The SMILES string of the molecule is CN(C(=O)c1csc(-c2ccc(Cl)s2)n1)C1CC1. The van der Waals surface area contributed by atoms with Gasteiger partial charge in [0.05, 0.1) is 9.21 Å². The van der Waals surface area contributed by atoms with Gasteiger partial charge < -0.3 is 4.90 Å². The van der Waals surface area contributed by atoms with Crippen molar-refractivity contribution in [1.29, 1.82) is 0 Å². The van der Waals surface area contributed by atoms with E-state index in [1.54, 1.807) is 4.90 Å². The highest BCUT2D eigenvalue weighted by molar-refractivity contribution is 7.23. The number of hydrogen-bond acceptors (Lipinski definition) is 4. The smallest absolute Gasteiger partial charge is 0.273 e. The van der Waals surface area contributed by atoms with Gasteiger partial charge in [-0.3, -0.25) is 4.79 Å². The molecule has 3 rings (SSSR count). The molecule has 2 aromatic heterocycles. The zero-order chi connectivity index (χ0) is 12.7. The van der Waals surface area contributed by atoms with Gasteiger partial charge in [0.15, 0.2) is 0 Å². The van der Waals surface area contributed by atoms with E-state index in [-0.39, 0.29) is 5.91 Å². The van der Waals surface area contributed by atoms with E-state index in [0.717, 1.165) is 27.1 Å². The summed E-state index contributed by atoms with van der Waals surface area (Å²) in [5.74, 6) is 0.0163. The minimum Gasteiger partial charge on any atom is -0.337 e. The summed E-state index contributed by atoms with van der Waals surface area (Å²) in [4.78, 5) is 19.3. The first-order chi connectivity index (χ1) is 8.65. The fraction of sp³-hybridized carbons (Fsp3) is 0.333. The second-order valence-corrected chi connectivity index (χ2v) is 6.86. The molecule has 0 spiro atoms. The second kappa shape index (κ2) is 4.64. The van der Waals surface area contributed by atoms with Crippen LogP contribution < -0.4 is 0 Å². The third-order valence-corrected chi connectivity index (χ3v) is 5.16. The van der Waals surface area contributed by atoms with Crippen LogP contribution in [0.25, 0.3) is 9.88 Å². The van der Waals surface area contributed by atoms with Crippen LogP contribution in [0.15, 0.2) is 17.5 Å². The summed E-state index contributed by atoms with van der Waals surface area (Å²) < 4.78 is 0.739. The average molecular weight is 299 g/mol. The lowest BCUT2D eigenvalue weighted by Gasteiger charge is -2.13. The van der Waals surface area contributed by atoms with E-state index in [2.05, 4.69) is 4.98 Å². The van der Waals surface area contributed by atoms with Crippen LogP contribution in [0.4, 0.5) is 0 Å². The van der Waals surface area contributed by atoms with Crippen molar-refractivity contribution in [2.45, 2.75) is 18.9 Å². The zero-order valence-corrected chi connectivity index (χ0v) is 12.1. The van der Waals surface area contributed by atoms with Crippen LogP contribution in [0, 0.1) is 0 Å². The van der Waals surface area contributed by atoms with Crippen LogP contribution in [-0.4, -0.2) is 28.9 Å². The van der Waals surface area contributed by atoms with Crippen molar-refractivity contribution in [2.75, 3.05) is 7.05 Å². The Hall–Kier alpha value is -0.910. The number of nitrogens with zero attached hydrogens (tertiary/aromatic N) is 2. The van der Waals surface area contributed by atoms with E-state index in [9.17, 15) is 4.79 Å². The number of halogens is 1. The van der Waals surface area contributed by atoms with Crippen molar-refractivity contribution in [3.8, 4) is 9.88 Å². The Morgan fingerprint density at radius 2 is 2.28 bits per heavy atom. The molecule has 1 aliphatic carbocycles. The lowest BCUT2D eigenvalue weighted by atomic mass is 10.4. The normalized spacial score (nSPS) is 14.8. The molecule has 2 heterocycles. The number of thiazole rings is 1. The number of rotatable bonds is 3. The van der Waals surface area contributed by atoms with Crippen LogP contribution >= 0.6 is 34.3 Å². The summed E-state index contributed by atoms with van der Waals surface area (Å²) in [5.41, 5.74) is 0.536. The molecule has 2 aromatic rings. The molecular formula is C12H11ClN2OS2. The van der Waals surface area contributed by atoms with Crippen molar-refractivity contribution in [3.63, 3.8) is 0 Å². The van der Waals surface area contributed by atoms with Gasteiger partial charge in [-0.1, -0.05) is 11.6 Å². The quantitative estimate of drug-likeness (QED) is 0.864. The zero-order valence-electron chi connectivity index (χ0n) is 9.72. The molecule has 0 N–H and O–H groups in total. The predicted octanol–water partition coefficient (Wildman–Crippen LogP) is 3.76. The van der Waals surface area contributed by atoms with Crippen molar-refractivity contribution in [3.05, 3.63) is 27.5 Å². The molecule has 0 unspecified atom stereocenters. The second-order valence-electron chi connectivity index (χ2n) is 4.29. The standard InChI is InChI=1S/C12H11ClN2OS2/c1-15(7-2-3-7)12(16)8-6-17-11(14-8)9-4-5-10(13)18-9/h4-7H,2-3H2,1H3. The minimum atomic E-state index is 0.0163. The molecule has 0 atom stereocenters. The van der Waals surface area contributed by atoms with E-state index >= 15 is 0 Å². The van der Waals surface area contributed by atoms with Gasteiger partial charge in [-0.05, 0) is 25.0 Å². The van der Waals surface area contributed by atoms with Gasteiger partial charge in [-0.2, -0.15) is 0 Å². The molecular weight excluding hydrogens is 288 g/mol. The maximum atomic E-state index is 12.1. The molecule has 18 heavy (non-hydrogen) atoms. The molecule has 1 amide bonds. The Kier molecular flexibility index (Phi) is 3.13. The Morgan fingerprint density at radius 1 is 1.50 bits per heavy atom. The predicted molar refractivity (Wildman–Crippen MR) is 75.6 cm³/mol. The molecule has 0 aliphatic heterocycles. The molecule has 94 valence electrons. The third kappa shape index (κ3) is 2.30.